The van der Waals surface area contributed by atoms with Gasteiger partial charge in [-0.05, 0) is 56.9 Å². The fourth-order valence-corrected chi connectivity index (χ4v) is 4.67. The van der Waals surface area contributed by atoms with E-state index in [2.05, 4.69) is 19.6 Å². The van der Waals surface area contributed by atoms with Gasteiger partial charge >= 0.3 is 0 Å². The second kappa shape index (κ2) is 8.69. The number of carbonyl (C=O) groups excluding carboxylic acids is 1. The molecule has 4 heterocycles. The number of hydrogen-bond donors (Lipinski definition) is 0. The summed E-state index contributed by atoms with van der Waals surface area (Å²) in [7, 11) is 0. The first-order valence-electron chi connectivity index (χ1n) is 11.5. The Labute approximate surface area is 183 Å². The van der Waals surface area contributed by atoms with Gasteiger partial charge in [0.05, 0.1) is 0 Å². The molecule has 2 aromatic rings. The number of hydrogen-bond acceptors (Lipinski definition) is 8. The van der Waals surface area contributed by atoms with Crippen LogP contribution in [0.1, 0.15) is 43.0 Å². The van der Waals surface area contributed by atoms with Crippen LogP contribution >= 0.6 is 0 Å². The number of piperazine rings is 1. The predicted octanol–water partition coefficient (Wildman–Crippen LogP) is 2.60. The van der Waals surface area contributed by atoms with E-state index in [4.69, 9.17) is 15.0 Å². The zero-order valence-corrected chi connectivity index (χ0v) is 18.3. The highest BCUT2D eigenvalue weighted by Gasteiger charge is 2.25. The first-order valence-corrected chi connectivity index (χ1v) is 11.5. The summed E-state index contributed by atoms with van der Waals surface area (Å²) in [6.07, 6.45) is 4.84. The molecule has 0 N–H and O–H groups in total. The van der Waals surface area contributed by atoms with Gasteiger partial charge in [0, 0.05) is 63.6 Å². The van der Waals surface area contributed by atoms with Gasteiger partial charge in [0.25, 0.3) is 0 Å². The lowest BCUT2D eigenvalue weighted by molar-refractivity contribution is 0.101. The maximum Gasteiger partial charge on any atom is 0.232 e. The van der Waals surface area contributed by atoms with Crippen molar-refractivity contribution >= 4 is 29.3 Å². The summed E-state index contributed by atoms with van der Waals surface area (Å²) in [4.78, 5) is 35.4. The monoisotopic (exact) mass is 421 g/mol. The molecule has 1 aromatic carbocycles. The van der Waals surface area contributed by atoms with Crippen molar-refractivity contribution in [1.82, 2.24) is 15.0 Å². The standard InChI is InChI=1S/C23H31N7O/c1-18(31)19-6-8-20(9-7-19)27-14-16-30(17-15-27)23-25-21(28-10-2-3-11-28)24-22(26-23)29-12-4-5-13-29/h6-9H,2-5,10-17H2,1H3. The quantitative estimate of drug-likeness (QED) is 0.683. The highest BCUT2D eigenvalue weighted by molar-refractivity contribution is 5.94. The molecule has 0 saturated carbocycles. The molecule has 8 nitrogen and oxygen atoms in total. The molecule has 1 aromatic heterocycles. The maximum atomic E-state index is 11.5. The Morgan fingerprint density at radius 3 is 1.42 bits per heavy atom. The van der Waals surface area contributed by atoms with Crippen molar-refractivity contribution in [2.24, 2.45) is 0 Å². The lowest BCUT2D eigenvalue weighted by Gasteiger charge is -2.36. The van der Waals surface area contributed by atoms with Gasteiger partial charge in [-0.1, -0.05) is 0 Å². The molecule has 0 aliphatic carbocycles. The summed E-state index contributed by atoms with van der Waals surface area (Å²) in [6, 6.07) is 7.93. The molecule has 3 fully saturated rings. The van der Waals surface area contributed by atoms with Crippen LogP contribution < -0.4 is 19.6 Å². The van der Waals surface area contributed by atoms with Gasteiger partial charge in [-0.25, -0.2) is 0 Å². The zero-order valence-electron chi connectivity index (χ0n) is 18.3. The first kappa shape index (κ1) is 20.0. The van der Waals surface area contributed by atoms with E-state index in [9.17, 15) is 4.79 Å². The van der Waals surface area contributed by atoms with Crippen LogP contribution in [0.5, 0.6) is 0 Å². The van der Waals surface area contributed by atoms with E-state index < -0.39 is 0 Å². The van der Waals surface area contributed by atoms with Crippen LogP contribution in [0.25, 0.3) is 0 Å². The molecule has 0 bridgehead atoms. The molecule has 5 rings (SSSR count). The average Bonchev–Trinajstić information content (AvgIpc) is 3.54. The molecule has 3 saturated heterocycles. The highest BCUT2D eigenvalue weighted by Crippen LogP contribution is 2.25. The van der Waals surface area contributed by atoms with Crippen molar-refractivity contribution in [1.29, 1.82) is 0 Å². The van der Waals surface area contributed by atoms with Gasteiger partial charge in [0.1, 0.15) is 0 Å². The highest BCUT2D eigenvalue weighted by atomic mass is 16.1. The molecule has 0 atom stereocenters. The molecule has 164 valence electrons. The summed E-state index contributed by atoms with van der Waals surface area (Å²) in [5.74, 6) is 2.59. The Kier molecular flexibility index (Phi) is 5.61. The maximum absolute atomic E-state index is 11.5. The predicted molar refractivity (Wildman–Crippen MR) is 124 cm³/mol. The number of Topliss-reactive ketones (excluding diaryl/α,β-unsaturated/α-hetero) is 1. The molecule has 8 heteroatoms. The van der Waals surface area contributed by atoms with Gasteiger partial charge in [-0.2, -0.15) is 15.0 Å². The van der Waals surface area contributed by atoms with E-state index in [-0.39, 0.29) is 5.78 Å². The third-order valence-electron chi connectivity index (χ3n) is 6.58. The number of ketones is 1. The summed E-state index contributed by atoms with van der Waals surface area (Å²) >= 11 is 0. The third kappa shape index (κ3) is 4.29. The van der Waals surface area contributed by atoms with Crippen molar-refractivity contribution in [2.75, 3.05) is 72.0 Å². The summed E-state index contributed by atoms with van der Waals surface area (Å²) in [5.41, 5.74) is 1.92. The molecular formula is C23H31N7O. The summed E-state index contributed by atoms with van der Waals surface area (Å²) in [5, 5.41) is 0. The Hall–Kier alpha value is -2.90. The minimum absolute atomic E-state index is 0.105. The number of anilines is 4. The van der Waals surface area contributed by atoms with E-state index in [1.165, 1.54) is 25.7 Å². The number of aromatic nitrogens is 3. The van der Waals surface area contributed by atoms with Crippen LogP contribution in [0.4, 0.5) is 23.5 Å². The van der Waals surface area contributed by atoms with Gasteiger partial charge in [-0.15, -0.1) is 0 Å². The lowest BCUT2D eigenvalue weighted by Crippen LogP contribution is -2.47. The second-order valence-electron chi connectivity index (χ2n) is 8.70. The van der Waals surface area contributed by atoms with Crippen molar-refractivity contribution in [3.8, 4) is 0 Å². The number of rotatable bonds is 5. The second-order valence-corrected chi connectivity index (χ2v) is 8.70. The topological polar surface area (TPSA) is 68.7 Å². The molecule has 0 spiro atoms. The van der Waals surface area contributed by atoms with E-state index in [1.54, 1.807) is 6.92 Å². The van der Waals surface area contributed by atoms with Crippen LogP contribution in [0, 0.1) is 0 Å². The van der Waals surface area contributed by atoms with E-state index in [0.29, 0.717) is 0 Å². The number of carbonyl (C=O) groups is 1. The lowest BCUT2D eigenvalue weighted by atomic mass is 10.1. The largest absolute Gasteiger partial charge is 0.368 e. The van der Waals surface area contributed by atoms with Crippen LogP contribution in [0.15, 0.2) is 24.3 Å². The Morgan fingerprint density at radius 1 is 0.613 bits per heavy atom. The molecule has 0 unspecified atom stereocenters. The van der Waals surface area contributed by atoms with Crippen LogP contribution in [0.3, 0.4) is 0 Å². The normalized spacial score (nSPS) is 19.4. The smallest absolute Gasteiger partial charge is 0.232 e. The van der Waals surface area contributed by atoms with E-state index >= 15 is 0 Å². The summed E-state index contributed by atoms with van der Waals surface area (Å²) < 4.78 is 0. The fraction of sp³-hybridized carbons (Fsp3) is 0.565. The van der Waals surface area contributed by atoms with Gasteiger partial charge in [0.15, 0.2) is 5.78 Å². The van der Waals surface area contributed by atoms with E-state index in [1.807, 2.05) is 24.3 Å². The van der Waals surface area contributed by atoms with Crippen molar-refractivity contribution in [2.45, 2.75) is 32.6 Å². The Balaban J connectivity index is 1.32. The van der Waals surface area contributed by atoms with Gasteiger partial charge in [0.2, 0.25) is 17.8 Å². The molecule has 31 heavy (non-hydrogen) atoms. The van der Waals surface area contributed by atoms with Crippen LogP contribution in [0.2, 0.25) is 0 Å². The van der Waals surface area contributed by atoms with Crippen molar-refractivity contribution in [3.63, 3.8) is 0 Å². The first-order chi connectivity index (χ1) is 15.2. The molecule has 0 radical (unpaired) electrons. The zero-order chi connectivity index (χ0) is 21.2. The molecule has 0 amide bonds. The fourth-order valence-electron chi connectivity index (χ4n) is 4.67. The number of nitrogens with zero attached hydrogens (tertiary/aromatic N) is 7. The van der Waals surface area contributed by atoms with Gasteiger partial charge in [-0.3, -0.25) is 4.79 Å². The minimum atomic E-state index is 0.105. The Morgan fingerprint density at radius 2 is 1.00 bits per heavy atom. The van der Waals surface area contributed by atoms with Gasteiger partial charge < -0.3 is 19.6 Å². The Bertz CT molecular complexity index is 878. The molecule has 3 aliphatic rings. The van der Waals surface area contributed by atoms with E-state index in [0.717, 1.165) is 81.5 Å². The van der Waals surface area contributed by atoms with Crippen LogP contribution in [-0.2, 0) is 0 Å². The van der Waals surface area contributed by atoms with Crippen molar-refractivity contribution in [3.05, 3.63) is 29.8 Å². The molecular weight excluding hydrogens is 390 g/mol. The minimum Gasteiger partial charge on any atom is -0.368 e. The average molecular weight is 422 g/mol. The van der Waals surface area contributed by atoms with Crippen molar-refractivity contribution < 1.29 is 4.79 Å². The SMILES string of the molecule is CC(=O)c1ccc(N2CCN(c3nc(N4CCCC4)nc(N4CCCC4)n3)CC2)cc1. The number of benzene rings is 1. The molecule has 3 aliphatic heterocycles. The third-order valence-corrected chi connectivity index (χ3v) is 6.58. The summed E-state index contributed by atoms with van der Waals surface area (Å²) in [6.45, 7) is 9.30. The van der Waals surface area contributed by atoms with Crippen LogP contribution in [-0.4, -0.2) is 73.1 Å².